The van der Waals surface area contributed by atoms with Gasteiger partial charge in [-0.15, -0.1) is 0 Å². The van der Waals surface area contributed by atoms with Crippen molar-refractivity contribution in [3.8, 4) is 0 Å². The molecule has 1 aromatic rings. The van der Waals surface area contributed by atoms with Gasteiger partial charge in [-0.1, -0.05) is 13.8 Å². The van der Waals surface area contributed by atoms with Gasteiger partial charge < -0.3 is 9.88 Å². The Labute approximate surface area is 137 Å². The highest BCUT2D eigenvalue weighted by Crippen LogP contribution is 2.32. The van der Waals surface area contributed by atoms with E-state index < -0.39 is 0 Å². The maximum atomic E-state index is 12.8. The van der Waals surface area contributed by atoms with Crippen LogP contribution < -0.4 is 5.56 Å². The van der Waals surface area contributed by atoms with Gasteiger partial charge in [0.2, 0.25) is 5.56 Å². The van der Waals surface area contributed by atoms with Crippen molar-refractivity contribution in [3.05, 3.63) is 34.2 Å². The first-order valence-electron chi connectivity index (χ1n) is 8.76. The highest BCUT2D eigenvalue weighted by Gasteiger charge is 2.33. The van der Waals surface area contributed by atoms with Crippen molar-refractivity contribution < 1.29 is 4.79 Å². The molecule has 0 spiro atoms. The van der Waals surface area contributed by atoms with Gasteiger partial charge in [-0.25, -0.2) is 0 Å². The van der Waals surface area contributed by atoms with Gasteiger partial charge in [0.05, 0.1) is 5.56 Å². The van der Waals surface area contributed by atoms with Crippen molar-refractivity contribution >= 4 is 5.91 Å². The van der Waals surface area contributed by atoms with Gasteiger partial charge in [0, 0.05) is 44.5 Å². The summed E-state index contributed by atoms with van der Waals surface area (Å²) in [5, 5.41) is 0. The summed E-state index contributed by atoms with van der Waals surface area (Å²) < 4.78 is 0. The zero-order valence-corrected chi connectivity index (χ0v) is 14.1. The van der Waals surface area contributed by atoms with Crippen LogP contribution in [0.1, 0.15) is 43.5 Å². The number of carbonyl (C=O) groups is 1. The Morgan fingerprint density at radius 2 is 2.09 bits per heavy atom. The molecule has 0 radical (unpaired) electrons. The second kappa shape index (κ2) is 6.87. The Morgan fingerprint density at radius 1 is 1.30 bits per heavy atom. The van der Waals surface area contributed by atoms with E-state index in [4.69, 9.17) is 0 Å². The number of H-pyrrole nitrogens is 1. The first-order valence-corrected chi connectivity index (χ1v) is 8.76. The quantitative estimate of drug-likeness (QED) is 0.923. The number of amides is 1. The monoisotopic (exact) mass is 317 g/mol. The van der Waals surface area contributed by atoms with Crippen LogP contribution in [0.4, 0.5) is 0 Å². The molecular formula is C18H27N3O2. The molecule has 1 aliphatic heterocycles. The summed E-state index contributed by atoms with van der Waals surface area (Å²) in [7, 11) is 0. The first-order chi connectivity index (χ1) is 11.0. The minimum Gasteiger partial charge on any atom is -0.337 e. The molecule has 5 heteroatoms. The summed E-state index contributed by atoms with van der Waals surface area (Å²) in [5.74, 6) is 1.43. The van der Waals surface area contributed by atoms with Crippen molar-refractivity contribution in [1.82, 2.24) is 14.8 Å². The van der Waals surface area contributed by atoms with Crippen LogP contribution in [-0.4, -0.2) is 52.9 Å². The summed E-state index contributed by atoms with van der Waals surface area (Å²) in [6, 6.07) is 3.47. The van der Waals surface area contributed by atoms with Crippen LogP contribution in [0, 0.1) is 11.8 Å². The number of nitrogens with one attached hydrogen (secondary N) is 1. The summed E-state index contributed by atoms with van der Waals surface area (Å²) in [4.78, 5) is 31.1. The van der Waals surface area contributed by atoms with Crippen LogP contribution in [0.25, 0.3) is 0 Å². The fourth-order valence-electron chi connectivity index (χ4n) is 3.46. The Morgan fingerprint density at radius 3 is 2.70 bits per heavy atom. The second-order valence-corrected chi connectivity index (χ2v) is 7.30. The highest BCUT2D eigenvalue weighted by atomic mass is 16.2. The summed E-state index contributed by atoms with van der Waals surface area (Å²) in [5.41, 5.74) is 0.399. The molecule has 1 N–H and O–H groups in total. The standard InChI is InChI=1S/C18H27N3O2/c1-13(2)16-12-21(9-3-8-20(16)11-14-4-5-14)18(23)15-6-7-17(22)19-10-15/h6-7,10,13-14,16H,3-5,8-9,11-12H2,1-2H3,(H,19,22). The maximum Gasteiger partial charge on any atom is 0.255 e. The number of rotatable bonds is 4. The third-order valence-corrected chi connectivity index (χ3v) is 5.03. The molecule has 1 aromatic heterocycles. The van der Waals surface area contributed by atoms with E-state index >= 15 is 0 Å². The molecular weight excluding hydrogens is 290 g/mol. The lowest BCUT2D eigenvalue weighted by atomic mass is 10.0. The second-order valence-electron chi connectivity index (χ2n) is 7.30. The lowest BCUT2D eigenvalue weighted by Crippen LogP contribution is -2.46. The molecule has 3 rings (SSSR count). The van der Waals surface area contributed by atoms with E-state index in [1.807, 2.05) is 4.90 Å². The number of aromatic nitrogens is 1. The zero-order valence-electron chi connectivity index (χ0n) is 14.1. The molecule has 1 aliphatic carbocycles. The van der Waals surface area contributed by atoms with Crippen LogP contribution >= 0.6 is 0 Å². The van der Waals surface area contributed by atoms with E-state index in [0.29, 0.717) is 17.5 Å². The van der Waals surface area contributed by atoms with E-state index in [9.17, 15) is 9.59 Å². The van der Waals surface area contributed by atoms with Crippen molar-refractivity contribution in [1.29, 1.82) is 0 Å². The topological polar surface area (TPSA) is 56.4 Å². The van der Waals surface area contributed by atoms with Crippen molar-refractivity contribution in [2.45, 2.75) is 39.2 Å². The maximum absolute atomic E-state index is 12.8. The summed E-state index contributed by atoms with van der Waals surface area (Å²) in [6.45, 7) is 8.33. The minimum atomic E-state index is -0.173. The largest absolute Gasteiger partial charge is 0.337 e. The van der Waals surface area contributed by atoms with Gasteiger partial charge in [0.15, 0.2) is 0 Å². The van der Waals surface area contributed by atoms with Crippen LogP contribution in [0.2, 0.25) is 0 Å². The third kappa shape index (κ3) is 4.02. The van der Waals surface area contributed by atoms with E-state index in [-0.39, 0.29) is 11.5 Å². The minimum absolute atomic E-state index is 0.0279. The third-order valence-electron chi connectivity index (χ3n) is 5.03. The molecule has 126 valence electrons. The lowest BCUT2D eigenvalue weighted by molar-refractivity contribution is 0.0704. The van der Waals surface area contributed by atoms with Gasteiger partial charge in [-0.05, 0) is 37.2 Å². The Hall–Kier alpha value is -1.62. The van der Waals surface area contributed by atoms with Crippen LogP contribution in [0.5, 0.6) is 0 Å². The van der Waals surface area contributed by atoms with Gasteiger partial charge in [0.25, 0.3) is 5.91 Å². The fraction of sp³-hybridized carbons (Fsp3) is 0.667. The molecule has 2 fully saturated rings. The van der Waals surface area contributed by atoms with E-state index in [2.05, 4.69) is 23.7 Å². The smallest absolute Gasteiger partial charge is 0.255 e. The molecule has 23 heavy (non-hydrogen) atoms. The SMILES string of the molecule is CC(C)C1CN(C(=O)c2ccc(=O)[nH]c2)CCCN1CC1CC1. The van der Waals surface area contributed by atoms with Crippen LogP contribution in [0.3, 0.4) is 0 Å². The highest BCUT2D eigenvalue weighted by molar-refractivity contribution is 5.93. The van der Waals surface area contributed by atoms with Gasteiger partial charge in [-0.2, -0.15) is 0 Å². The average molecular weight is 317 g/mol. The first kappa shape index (κ1) is 16.2. The molecule has 0 bridgehead atoms. The fourth-order valence-corrected chi connectivity index (χ4v) is 3.46. The molecule has 1 saturated heterocycles. The van der Waals surface area contributed by atoms with Gasteiger partial charge in [0.1, 0.15) is 0 Å². The average Bonchev–Trinajstić information content (AvgIpc) is 3.34. The Kier molecular flexibility index (Phi) is 4.85. The molecule has 1 atom stereocenters. The molecule has 1 unspecified atom stereocenters. The number of carbonyl (C=O) groups excluding carboxylic acids is 1. The number of aromatic amines is 1. The summed E-state index contributed by atoms with van der Waals surface area (Å²) in [6.07, 6.45) is 5.27. The molecule has 2 heterocycles. The van der Waals surface area contributed by atoms with E-state index in [1.54, 1.807) is 6.07 Å². The normalized spacial score (nSPS) is 23.1. The van der Waals surface area contributed by atoms with Crippen molar-refractivity contribution in [2.24, 2.45) is 11.8 Å². The van der Waals surface area contributed by atoms with Crippen molar-refractivity contribution in [2.75, 3.05) is 26.2 Å². The Balaban J connectivity index is 1.73. The summed E-state index contributed by atoms with van der Waals surface area (Å²) >= 11 is 0. The van der Waals surface area contributed by atoms with Crippen molar-refractivity contribution in [3.63, 3.8) is 0 Å². The van der Waals surface area contributed by atoms with Crippen LogP contribution in [-0.2, 0) is 0 Å². The molecule has 0 aromatic carbocycles. The molecule has 5 nitrogen and oxygen atoms in total. The van der Waals surface area contributed by atoms with E-state index in [1.165, 1.54) is 31.6 Å². The number of hydrogen-bond acceptors (Lipinski definition) is 3. The number of nitrogens with zero attached hydrogens (tertiary/aromatic N) is 2. The predicted octanol–water partition coefficient (Wildman–Crippen LogP) is 1.96. The number of hydrogen-bond donors (Lipinski definition) is 1. The van der Waals surface area contributed by atoms with Gasteiger partial charge in [-0.3, -0.25) is 14.5 Å². The molecule has 1 saturated carbocycles. The molecule has 2 aliphatic rings. The number of pyridine rings is 1. The van der Waals surface area contributed by atoms with Crippen LogP contribution in [0.15, 0.2) is 23.1 Å². The van der Waals surface area contributed by atoms with E-state index in [0.717, 1.165) is 32.0 Å². The Bertz CT molecular complexity index is 586. The lowest BCUT2D eigenvalue weighted by Gasteiger charge is -2.34. The predicted molar refractivity (Wildman–Crippen MR) is 90.5 cm³/mol. The molecule has 1 amide bonds. The zero-order chi connectivity index (χ0) is 16.4. The van der Waals surface area contributed by atoms with Gasteiger partial charge >= 0.3 is 0 Å².